The van der Waals surface area contributed by atoms with Crippen LogP contribution in [-0.4, -0.2) is 29.8 Å². The summed E-state index contributed by atoms with van der Waals surface area (Å²) < 4.78 is 0. The fraction of sp³-hybridized carbons (Fsp3) is 0.323. The van der Waals surface area contributed by atoms with Crippen LogP contribution in [0.5, 0.6) is 0 Å². The molecular weight excluding hydrogens is 476 g/mol. The number of aryl methyl sites for hydroxylation is 2. The van der Waals surface area contributed by atoms with Crippen molar-refractivity contribution < 1.29 is 14.4 Å². The van der Waals surface area contributed by atoms with Gasteiger partial charge in [0, 0.05) is 23.2 Å². The van der Waals surface area contributed by atoms with Crippen LogP contribution in [0.25, 0.3) is 0 Å². The Labute approximate surface area is 223 Å². The van der Waals surface area contributed by atoms with E-state index >= 15 is 0 Å². The van der Waals surface area contributed by atoms with E-state index in [1.54, 1.807) is 35.2 Å². The lowest BCUT2D eigenvalue weighted by Gasteiger charge is -2.31. The van der Waals surface area contributed by atoms with Gasteiger partial charge in [0.1, 0.15) is 0 Å². The molecule has 7 nitrogen and oxygen atoms in total. The fourth-order valence-electron chi connectivity index (χ4n) is 5.36. The molecule has 0 saturated heterocycles. The minimum atomic E-state index is -0.509. The van der Waals surface area contributed by atoms with E-state index in [1.165, 1.54) is 0 Å². The molecular formula is C31H34N4O3. The molecule has 1 aliphatic heterocycles. The zero-order chi connectivity index (χ0) is 26.8. The van der Waals surface area contributed by atoms with Gasteiger partial charge in [0.05, 0.1) is 23.8 Å². The van der Waals surface area contributed by atoms with Crippen molar-refractivity contribution in [2.75, 3.05) is 10.2 Å². The molecule has 3 aromatic rings. The van der Waals surface area contributed by atoms with E-state index in [9.17, 15) is 14.4 Å². The number of fused-ring (bicyclic) bond motifs is 1. The van der Waals surface area contributed by atoms with Crippen LogP contribution < -0.4 is 21.3 Å². The van der Waals surface area contributed by atoms with Crippen LogP contribution in [0.3, 0.4) is 0 Å². The van der Waals surface area contributed by atoms with E-state index in [-0.39, 0.29) is 36.2 Å². The molecule has 1 heterocycles. The molecule has 0 radical (unpaired) electrons. The third-order valence-electron chi connectivity index (χ3n) is 7.60. The summed E-state index contributed by atoms with van der Waals surface area (Å²) in [5.74, 6) is -0.665. The number of benzene rings is 3. The maximum Gasteiger partial charge on any atom is 0.258 e. The molecule has 0 spiro atoms. The number of rotatable bonds is 4. The van der Waals surface area contributed by atoms with Crippen LogP contribution >= 0.6 is 0 Å². The maximum atomic E-state index is 14.0. The molecule has 3 amide bonds. The van der Waals surface area contributed by atoms with Gasteiger partial charge >= 0.3 is 0 Å². The molecule has 1 saturated carbocycles. The summed E-state index contributed by atoms with van der Waals surface area (Å²) in [6, 6.07) is 19.8. The maximum absolute atomic E-state index is 14.0. The molecule has 196 valence electrons. The highest BCUT2D eigenvalue weighted by Gasteiger charge is 2.35. The second kappa shape index (κ2) is 10.8. The number of carbonyl (C=O) groups excluding carboxylic acids is 3. The Morgan fingerprint density at radius 3 is 2.21 bits per heavy atom. The van der Waals surface area contributed by atoms with Crippen molar-refractivity contribution in [1.82, 2.24) is 5.32 Å². The Bertz CT molecular complexity index is 1350. The van der Waals surface area contributed by atoms with E-state index in [0.717, 1.165) is 42.4 Å². The van der Waals surface area contributed by atoms with Crippen molar-refractivity contribution in [1.29, 1.82) is 0 Å². The number of amides is 3. The Kier molecular flexibility index (Phi) is 7.29. The molecule has 4 N–H and O–H groups in total. The van der Waals surface area contributed by atoms with E-state index in [2.05, 4.69) is 10.6 Å². The van der Waals surface area contributed by atoms with Gasteiger partial charge in [-0.2, -0.15) is 0 Å². The highest BCUT2D eigenvalue weighted by molar-refractivity contribution is 6.12. The lowest BCUT2D eigenvalue weighted by molar-refractivity contribution is -0.116. The van der Waals surface area contributed by atoms with Crippen LogP contribution in [-0.2, 0) is 4.79 Å². The highest BCUT2D eigenvalue weighted by Crippen LogP contribution is 2.40. The first-order chi connectivity index (χ1) is 18.3. The lowest BCUT2D eigenvalue weighted by atomic mass is 9.91. The van der Waals surface area contributed by atoms with Gasteiger partial charge in [-0.05, 0) is 62.6 Å². The molecule has 5 rings (SSSR count). The first kappa shape index (κ1) is 25.7. The van der Waals surface area contributed by atoms with Gasteiger partial charge in [-0.3, -0.25) is 19.3 Å². The monoisotopic (exact) mass is 510 g/mol. The van der Waals surface area contributed by atoms with E-state index in [4.69, 9.17) is 5.73 Å². The van der Waals surface area contributed by atoms with Crippen molar-refractivity contribution >= 4 is 29.1 Å². The van der Waals surface area contributed by atoms with Crippen molar-refractivity contribution in [3.63, 3.8) is 0 Å². The third kappa shape index (κ3) is 5.34. The lowest BCUT2D eigenvalue weighted by Crippen LogP contribution is -2.49. The Hall–Kier alpha value is -3.97. The van der Waals surface area contributed by atoms with Crippen molar-refractivity contribution in [2.45, 2.75) is 64.1 Å². The van der Waals surface area contributed by atoms with Gasteiger partial charge in [0.15, 0.2) is 0 Å². The SMILES string of the molecule is Cc1ccc(C(=O)N2c3ccc(C(=O)NC4CCCCC4N)cc3NC(=O)CC2c2ccc(C)cc2)cc1. The summed E-state index contributed by atoms with van der Waals surface area (Å²) in [5.41, 5.74) is 11.2. The molecule has 1 aliphatic carbocycles. The number of nitrogens with two attached hydrogens (primary N) is 1. The number of anilines is 2. The average Bonchev–Trinajstić information content (AvgIpc) is 3.05. The zero-order valence-corrected chi connectivity index (χ0v) is 21.9. The topological polar surface area (TPSA) is 105 Å². The Balaban J connectivity index is 1.54. The molecule has 3 unspecified atom stereocenters. The Morgan fingerprint density at radius 2 is 1.53 bits per heavy atom. The van der Waals surface area contributed by atoms with E-state index in [1.807, 2.05) is 50.2 Å². The van der Waals surface area contributed by atoms with Gasteiger partial charge in [-0.1, -0.05) is 60.4 Å². The number of carbonyl (C=O) groups is 3. The zero-order valence-electron chi connectivity index (χ0n) is 21.9. The minimum Gasteiger partial charge on any atom is -0.348 e. The van der Waals surface area contributed by atoms with Gasteiger partial charge in [0.25, 0.3) is 11.8 Å². The third-order valence-corrected chi connectivity index (χ3v) is 7.60. The summed E-state index contributed by atoms with van der Waals surface area (Å²) in [7, 11) is 0. The molecule has 38 heavy (non-hydrogen) atoms. The molecule has 2 aliphatic rings. The van der Waals surface area contributed by atoms with Crippen LogP contribution in [0.4, 0.5) is 11.4 Å². The summed E-state index contributed by atoms with van der Waals surface area (Å²) >= 11 is 0. The summed E-state index contributed by atoms with van der Waals surface area (Å²) in [5, 5.41) is 6.02. The largest absolute Gasteiger partial charge is 0.348 e. The van der Waals surface area contributed by atoms with Gasteiger partial charge in [0.2, 0.25) is 5.91 Å². The number of nitrogens with zero attached hydrogens (tertiary/aromatic N) is 1. The molecule has 1 fully saturated rings. The predicted molar refractivity (Wildman–Crippen MR) is 149 cm³/mol. The van der Waals surface area contributed by atoms with Crippen LogP contribution in [0.1, 0.15) is 75.6 Å². The second-order valence-electron chi connectivity index (χ2n) is 10.5. The van der Waals surface area contributed by atoms with Gasteiger partial charge in [-0.15, -0.1) is 0 Å². The number of nitrogens with one attached hydrogen (secondary N) is 2. The quantitative estimate of drug-likeness (QED) is 0.458. The van der Waals surface area contributed by atoms with Crippen molar-refractivity contribution in [3.05, 3.63) is 94.5 Å². The van der Waals surface area contributed by atoms with Crippen LogP contribution in [0, 0.1) is 13.8 Å². The van der Waals surface area contributed by atoms with E-state index < -0.39 is 6.04 Å². The first-order valence-corrected chi connectivity index (χ1v) is 13.3. The predicted octanol–water partition coefficient (Wildman–Crippen LogP) is 5.03. The standard InChI is InChI=1S/C31H34N4O3/c1-19-7-11-21(12-8-19)28-18-29(36)33-26-17-23(30(37)34-25-6-4-3-5-24(25)32)15-16-27(26)35(28)31(38)22-13-9-20(2)10-14-22/h7-17,24-25,28H,3-6,18,32H2,1-2H3,(H,33,36)(H,34,37). The molecule has 3 atom stereocenters. The summed E-state index contributed by atoms with van der Waals surface area (Å²) in [4.78, 5) is 41.9. The molecule has 3 aromatic carbocycles. The molecule has 0 bridgehead atoms. The average molecular weight is 511 g/mol. The number of hydrogen-bond donors (Lipinski definition) is 3. The Morgan fingerprint density at radius 1 is 0.895 bits per heavy atom. The normalized spacial score (nSPS) is 21.2. The van der Waals surface area contributed by atoms with Gasteiger partial charge in [-0.25, -0.2) is 0 Å². The van der Waals surface area contributed by atoms with Crippen LogP contribution in [0.2, 0.25) is 0 Å². The second-order valence-corrected chi connectivity index (χ2v) is 10.5. The molecule has 0 aromatic heterocycles. The fourth-order valence-corrected chi connectivity index (χ4v) is 5.36. The van der Waals surface area contributed by atoms with E-state index in [0.29, 0.717) is 22.5 Å². The summed E-state index contributed by atoms with van der Waals surface area (Å²) in [6.45, 7) is 3.97. The smallest absolute Gasteiger partial charge is 0.258 e. The molecule has 7 heteroatoms. The van der Waals surface area contributed by atoms with Crippen molar-refractivity contribution in [2.24, 2.45) is 5.73 Å². The first-order valence-electron chi connectivity index (χ1n) is 13.3. The highest BCUT2D eigenvalue weighted by atomic mass is 16.2. The van der Waals surface area contributed by atoms with Crippen molar-refractivity contribution in [3.8, 4) is 0 Å². The van der Waals surface area contributed by atoms with Gasteiger partial charge < -0.3 is 16.4 Å². The number of hydrogen-bond acceptors (Lipinski definition) is 4. The van der Waals surface area contributed by atoms with Crippen LogP contribution in [0.15, 0.2) is 66.7 Å². The minimum absolute atomic E-state index is 0.0638. The summed E-state index contributed by atoms with van der Waals surface area (Å²) in [6.07, 6.45) is 3.95.